The van der Waals surface area contributed by atoms with Crippen LogP contribution in [0.15, 0.2) is 30.2 Å². The van der Waals surface area contributed by atoms with Crippen LogP contribution in [0.5, 0.6) is 5.75 Å². The number of halogens is 3. The number of anilines is 1. The summed E-state index contributed by atoms with van der Waals surface area (Å²) >= 11 is 0. The Hall–Kier alpha value is -2.79. The molecule has 11 heteroatoms. The third kappa shape index (κ3) is 6.86. The zero-order chi connectivity index (χ0) is 24.9. The van der Waals surface area contributed by atoms with Crippen molar-refractivity contribution >= 4 is 22.6 Å². The number of amidine groups is 1. The lowest BCUT2D eigenvalue weighted by Crippen LogP contribution is -2.44. The molecule has 5 N–H and O–H groups in total. The molecule has 0 amide bonds. The van der Waals surface area contributed by atoms with Crippen LogP contribution in [0.2, 0.25) is 0 Å². The maximum Gasteiger partial charge on any atom is 0.415 e. The third-order valence-corrected chi connectivity index (χ3v) is 5.84. The predicted octanol–water partition coefficient (Wildman–Crippen LogP) is 3.68. The maximum absolute atomic E-state index is 12.5. The van der Waals surface area contributed by atoms with Gasteiger partial charge in [0.2, 0.25) is 0 Å². The monoisotopic (exact) mass is 482 g/mol. The summed E-state index contributed by atoms with van der Waals surface area (Å²) < 4.78 is 45.6. The number of hydrogen-bond acceptors (Lipinski definition) is 6. The van der Waals surface area contributed by atoms with Crippen LogP contribution in [0, 0.1) is 5.41 Å². The van der Waals surface area contributed by atoms with E-state index in [1.807, 2.05) is 37.6 Å². The summed E-state index contributed by atoms with van der Waals surface area (Å²) in [5.74, 6) is 0.859. The average molecular weight is 483 g/mol. The Morgan fingerprint density at radius 2 is 2.03 bits per heavy atom. The van der Waals surface area contributed by atoms with Gasteiger partial charge in [0.05, 0.1) is 23.6 Å². The smallest absolute Gasteiger partial charge is 0.415 e. The van der Waals surface area contributed by atoms with Gasteiger partial charge in [-0.1, -0.05) is 0 Å². The molecule has 1 aromatic heterocycles. The van der Waals surface area contributed by atoms with Gasteiger partial charge in [-0.05, 0) is 45.6 Å². The third-order valence-electron chi connectivity index (χ3n) is 5.84. The Labute approximate surface area is 197 Å². The number of rotatable bonds is 9. The van der Waals surface area contributed by atoms with E-state index in [1.54, 1.807) is 12.4 Å². The van der Waals surface area contributed by atoms with Gasteiger partial charge in [0, 0.05) is 44.0 Å². The number of fused-ring (bicyclic) bond motifs is 1. The van der Waals surface area contributed by atoms with E-state index in [0.717, 1.165) is 23.3 Å². The molecule has 1 aliphatic carbocycles. The molecule has 0 aliphatic heterocycles. The number of aryl methyl sites for hydroxylation is 1. The number of aromatic nitrogens is 2. The molecule has 1 atom stereocenters. The summed E-state index contributed by atoms with van der Waals surface area (Å²) in [5.41, 5.74) is 3.12. The minimum Gasteiger partial charge on any atom is -0.490 e. The quantitative estimate of drug-likeness (QED) is 0.276. The number of benzene rings is 1. The standard InChI is InChI=1S/C23H33F3N6O2/c1-4-28-14(2)9-21(27)31-18-10-17(11-19-22(18)30-13-32(19)3)34-16-7-5-15(6-8-16)29-12-20(33)23(24,25)26/h9-11,13,15-16,20,28-29,33H,4-8,12H2,1-3H3,(H2,27,31)/b14-9-/t15-,16+,20-/m1/s1. The fourth-order valence-electron chi connectivity index (χ4n) is 4.07. The van der Waals surface area contributed by atoms with Crippen molar-refractivity contribution in [3.8, 4) is 5.75 Å². The Bertz CT molecular complexity index is 1010. The van der Waals surface area contributed by atoms with E-state index < -0.39 is 18.8 Å². The highest BCUT2D eigenvalue weighted by Gasteiger charge is 2.38. The lowest BCUT2D eigenvalue weighted by molar-refractivity contribution is -0.202. The second-order valence-electron chi connectivity index (χ2n) is 8.65. The van der Waals surface area contributed by atoms with Gasteiger partial charge in [-0.25, -0.2) is 4.98 Å². The number of hydrogen-bond donors (Lipinski definition) is 5. The Morgan fingerprint density at radius 1 is 1.32 bits per heavy atom. The molecule has 0 saturated heterocycles. The molecule has 188 valence electrons. The fraction of sp³-hybridized carbons (Fsp3) is 0.565. The lowest BCUT2D eigenvalue weighted by Gasteiger charge is -2.30. The Morgan fingerprint density at radius 3 is 2.68 bits per heavy atom. The lowest BCUT2D eigenvalue weighted by atomic mass is 9.93. The highest BCUT2D eigenvalue weighted by molar-refractivity contribution is 6.06. The average Bonchev–Trinajstić information content (AvgIpc) is 3.13. The number of aliphatic hydroxyl groups excluding tert-OH is 1. The van der Waals surface area contributed by atoms with Crippen LogP contribution in [-0.4, -0.2) is 58.0 Å². The number of aliphatic hydroxyl groups is 1. The number of alkyl halides is 3. The first-order valence-electron chi connectivity index (χ1n) is 11.4. The summed E-state index contributed by atoms with van der Waals surface area (Å²) in [4.78, 5) is 4.44. The van der Waals surface area contributed by atoms with E-state index in [2.05, 4.69) is 20.9 Å². The molecule has 1 saturated carbocycles. The molecule has 1 aromatic carbocycles. The summed E-state index contributed by atoms with van der Waals surface area (Å²) in [6, 6.07) is 3.64. The van der Waals surface area contributed by atoms with Crippen molar-refractivity contribution in [3.05, 3.63) is 30.2 Å². The Kier molecular flexibility index (Phi) is 8.42. The summed E-state index contributed by atoms with van der Waals surface area (Å²) in [6.45, 7) is 4.15. The molecule has 2 aromatic rings. The molecular formula is C23H33F3N6O2. The molecular weight excluding hydrogens is 449 g/mol. The second-order valence-corrected chi connectivity index (χ2v) is 8.65. The van der Waals surface area contributed by atoms with Gasteiger partial charge >= 0.3 is 6.18 Å². The number of nitrogens with one attached hydrogen (secondary N) is 4. The van der Waals surface area contributed by atoms with Crippen molar-refractivity contribution in [1.29, 1.82) is 5.41 Å². The topological polar surface area (TPSA) is 107 Å². The van der Waals surface area contributed by atoms with Gasteiger partial charge in [0.1, 0.15) is 17.1 Å². The summed E-state index contributed by atoms with van der Waals surface area (Å²) in [6.07, 6.45) is -0.932. The largest absolute Gasteiger partial charge is 0.490 e. The minimum absolute atomic E-state index is 0.0699. The van der Waals surface area contributed by atoms with Gasteiger partial charge in [-0.3, -0.25) is 5.41 Å². The minimum atomic E-state index is -4.61. The maximum atomic E-state index is 12.5. The summed E-state index contributed by atoms with van der Waals surface area (Å²) in [7, 11) is 1.88. The first-order valence-corrected chi connectivity index (χ1v) is 11.4. The van der Waals surface area contributed by atoms with Gasteiger partial charge < -0.3 is 30.4 Å². The summed E-state index contributed by atoms with van der Waals surface area (Å²) in [5, 5.41) is 26.5. The van der Waals surface area contributed by atoms with Gasteiger partial charge in [-0.15, -0.1) is 0 Å². The molecule has 0 radical (unpaired) electrons. The van der Waals surface area contributed by atoms with E-state index >= 15 is 0 Å². The molecule has 0 unspecified atom stereocenters. The van der Waals surface area contributed by atoms with E-state index in [9.17, 15) is 18.3 Å². The van der Waals surface area contributed by atoms with Crippen LogP contribution < -0.4 is 20.7 Å². The van der Waals surface area contributed by atoms with Gasteiger partial charge in [0.15, 0.2) is 6.10 Å². The zero-order valence-corrected chi connectivity index (χ0v) is 19.7. The van der Waals surface area contributed by atoms with Crippen molar-refractivity contribution in [2.45, 2.75) is 64.0 Å². The highest BCUT2D eigenvalue weighted by Crippen LogP contribution is 2.31. The first-order chi connectivity index (χ1) is 16.1. The normalized spacial score (nSPS) is 20.3. The molecule has 0 bridgehead atoms. The molecule has 34 heavy (non-hydrogen) atoms. The number of ether oxygens (including phenoxy) is 1. The predicted molar refractivity (Wildman–Crippen MR) is 126 cm³/mol. The van der Waals surface area contributed by atoms with Gasteiger partial charge in [-0.2, -0.15) is 13.2 Å². The molecule has 8 nitrogen and oxygen atoms in total. The van der Waals surface area contributed by atoms with Crippen molar-refractivity contribution in [2.75, 3.05) is 18.4 Å². The van der Waals surface area contributed by atoms with Crippen molar-refractivity contribution in [2.24, 2.45) is 7.05 Å². The molecule has 0 spiro atoms. The second kappa shape index (κ2) is 11.1. The molecule has 1 heterocycles. The Balaban J connectivity index is 1.64. The van der Waals surface area contributed by atoms with E-state index in [4.69, 9.17) is 10.1 Å². The van der Waals surface area contributed by atoms with Crippen LogP contribution in [-0.2, 0) is 7.05 Å². The SMILES string of the molecule is CCN/C(C)=C\C(=N)Nc1cc(O[C@H]2CC[C@@H](NC[C@@H](O)C(F)(F)F)CC2)cc2c1ncn2C. The number of allylic oxidation sites excluding steroid dienone is 1. The van der Waals surface area contributed by atoms with Crippen molar-refractivity contribution in [3.63, 3.8) is 0 Å². The fourth-order valence-corrected chi connectivity index (χ4v) is 4.07. The number of nitrogens with zero attached hydrogens (tertiary/aromatic N) is 2. The van der Waals surface area contributed by atoms with Gasteiger partial charge in [0.25, 0.3) is 0 Å². The first kappa shape index (κ1) is 25.8. The van der Waals surface area contributed by atoms with Crippen LogP contribution in [0.1, 0.15) is 39.5 Å². The zero-order valence-electron chi connectivity index (χ0n) is 19.7. The highest BCUT2D eigenvalue weighted by atomic mass is 19.4. The van der Waals surface area contributed by atoms with E-state index in [0.29, 0.717) is 37.1 Å². The number of imidazole rings is 1. The molecule has 1 fully saturated rings. The van der Waals surface area contributed by atoms with Crippen molar-refractivity contribution < 1.29 is 23.0 Å². The van der Waals surface area contributed by atoms with Crippen LogP contribution in [0.4, 0.5) is 18.9 Å². The van der Waals surface area contributed by atoms with Crippen molar-refractivity contribution in [1.82, 2.24) is 20.2 Å². The van der Waals surface area contributed by atoms with E-state index in [-0.39, 0.29) is 18.0 Å². The molecule has 3 rings (SSSR count). The van der Waals surface area contributed by atoms with Crippen LogP contribution >= 0.6 is 0 Å². The van der Waals surface area contributed by atoms with Crippen LogP contribution in [0.25, 0.3) is 11.0 Å². The van der Waals surface area contributed by atoms with E-state index in [1.165, 1.54) is 0 Å². The van der Waals surface area contributed by atoms with Crippen LogP contribution in [0.3, 0.4) is 0 Å². The molecule has 1 aliphatic rings.